The molecule has 1 aliphatic heterocycles. The zero-order valence-corrected chi connectivity index (χ0v) is 21.1. The van der Waals surface area contributed by atoms with Gasteiger partial charge < -0.3 is 14.5 Å². The van der Waals surface area contributed by atoms with E-state index in [0.717, 1.165) is 56.4 Å². The van der Waals surface area contributed by atoms with Gasteiger partial charge in [0.05, 0.1) is 18.5 Å². The maximum atomic E-state index is 5.39. The Balaban J connectivity index is 1.51. The van der Waals surface area contributed by atoms with Crippen molar-refractivity contribution in [2.75, 3.05) is 45.2 Å². The van der Waals surface area contributed by atoms with Gasteiger partial charge in [0, 0.05) is 55.8 Å². The van der Waals surface area contributed by atoms with Gasteiger partial charge in [-0.25, -0.2) is 4.68 Å². The van der Waals surface area contributed by atoms with Crippen molar-refractivity contribution in [1.29, 1.82) is 0 Å². The number of likely N-dealkylation sites (N-methyl/N-ethyl adjacent to an activating group) is 1. The number of methoxy groups -OCH3 is 1. The number of ether oxygens (including phenoxy) is 1. The monoisotopic (exact) mass is 465 g/mol. The normalized spacial score (nSPS) is 17.2. The molecule has 0 radical (unpaired) electrons. The molecule has 7 heteroatoms. The van der Waals surface area contributed by atoms with Gasteiger partial charge in [-0.3, -0.25) is 4.90 Å². The zero-order chi connectivity index (χ0) is 22.9. The van der Waals surface area contributed by atoms with E-state index in [1.165, 1.54) is 34.7 Å². The minimum atomic E-state index is 0.690. The van der Waals surface area contributed by atoms with E-state index in [-0.39, 0.29) is 0 Å². The highest BCUT2D eigenvalue weighted by atomic mass is 32.1. The van der Waals surface area contributed by atoms with Crippen LogP contribution in [0.15, 0.2) is 35.7 Å². The van der Waals surface area contributed by atoms with Crippen LogP contribution in [0.4, 0.5) is 5.82 Å². The van der Waals surface area contributed by atoms with Gasteiger partial charge in [0.15, 0.2) is 0 Å². The molecule has 0 spiro atoms. The molecule has 0 unspecified atom stereocenters. The second kappa shape index (κ2) is 9.49. The molecule has 0 N–H and O–H groups in total. The van der Waals surface area contributed by atoms with Gasteiger partial charge in [0.1, 0.15) is 11.6 Å². The van der Waals surface area contributed by atoms with E-state index in [4.69, 9.17) is 9.84 Å². The second-order valence-electron chi connectivity index (χ2n) is 9.45. The molecule has 176 valence electrons. The lowest BCUT2D eigenvalue weighted by Crippen LogP contribution is -2.45. The Labute approximate surface area is 201 Å². The minimum absolute atomic E-state index is 0.690. The van der Waals surface area contributed by atoms with E-state index < -0.39 is 0 Å². The van der Waals surface area contributed by atoms with Crippen LogP contribution in [-0.4, -0.2) is 66.0 Å². The predicted molar refractivity (Wildman–Crippen MR) is 136 cm³/mol. The lowest BCUT2D eigenvalue weighted by atomic mass is 10.1. The molecule has 1 aromatic carbocycles. The molecule has 1 aliphatic carbocycles. The Morgan fingerprint density at radius 3 is 2.36 bits per heavy atom. The Kier molecular flexibility index (Phi) is 6.45. The standard InChI is InChI=1S/C26H35N5OS/c1-19-11-16-33-25(19)18-30(21-5-6-21)17-24-20(2)27-31(22-7-9-23(32-4)10-8-22)26(24)29-14-12-28(3)13-15-29/h7-11,16,21H,5-6,12-15,17-18H2,1-4H3. The smallest absolute Gasteiger partial charge is 0.137 e. The van der Waals surface area contributed by atoms with Gasteiger partial charge >= 0.3 is 0 Å². The maximum absolute atomic E-state index is 5.39. The number of rotatable bonds is 8. The summed E-state index contributed by atoms with van der Waals surface area (Å²) in [7, 11) is 3.92. The summed E-state index contributed by atoms with van der Waals surface area (Å²) in [5.41, 5.74) is 5.01. The van der Waals surface area contributed by atoms with Crippen molar-refractivity contribution in [3.05, 3.63) is 57.4 Å². The van der Waals surface area contributed by atoms with Crippen molar-refractivity contribution in [2.45, 2.75) is 45.8 Å². The topological polar surface area (TPSA) is 36.8 Å². The summed E-state index contributed by atoms with van der Waals surface area (Å²) < 4.78 is 7.55. The molecule has 3 heterocycles. The van der Waals surface area contributed by atoms with Gasteiger partial charge in [0.2, 0.25) is 0 Å². The third-order valence-corrected chi connectivity index (χ3v) is 8.02. The molecule has 1 saturated heterocycles. The first-order valence-corrected chi connectivity index (χ1v) is 12.8. The van der Waals surface area contributed by atoms with Gasteiger partial charge in [0.25, 0.3) is 0 Å². The van der Waals surface area contributed by atoms with Crippen molar-refractivity contribution in [3.63, 3.8) is 0 Å². The summed E-state index contributed by atoms with van der Waals surface area (Å²) in [6, 6.07) is 11.2. The van der Waals surface area contributed by atoms with Crippen LogP contribution in [0.25, 0.3) is 5.69 Å². The fraction of sp³-hybridized carbons (Fsp3) is 0.500. The molecular weight excluding hydrogens is 430 g/mol. The first-order chi connectivity index (χ1) is 16.0. The molecule has 5 rings (SSSR count). The van der Waals surface area contributed by atoms with Crippen molar-refractivity contribution in [1.82, 2.24) is 19.6 Å². The van der Waals surface area contributed by atoms with E-state index in [1.807, 2.05) is 23.5 Å². The van der Waals surface area contributed by atoms with Crippen LogP contribution in [0.5, 0.6) is 5.75 Å². The van der Waals surface area contributed by atoms with Crippen LogP contribution in [0.3, 0.4) is 0 Å². The summed E-state index contributed by atoms with van der Waals surface area (Å²) >= 11 is 1.89. The van der Waals surface area contributed by atoms with Crippen molar-refractivity contribution >= 4 is 17.2 Å². The Morgan fingerprint density at radius 1 is 1.03 bits per heavy atom. The number of aromatic nitrogens is 2. The summed E-state index contributed by atoms with van der Waals surface area (Å²) in [6.45, 7) is 10.6. The summed E-state index contributed by atoms with van der Waals surface area (Å²) in [5.74, 6) is 2.13. The lowest BCUT2D eigenvalue weighted by molar-refractivity contribution is 0.246. The van der Waals surface area contributed by atoms with Crippen LogP contribution >= 0.6 is 11.3 Å². The fourth-order valence-corrected chi connectivity index (χ4v) is 5.62. The molecular formula is C26H35N5OS. The third-order valence-electron chi connectivity index (χ3n) is 7.02. The molecule has 33 heavy (non-hydrogen) atoms. The first-order valence-electron chi connectivity index (χ1n) is 12.0. The number of benzene rings is 1. The molecule has 2 aliphatic rings. The molecule has 1 saturated carbocycles. The predicted octanol–water partition coefficient (Wildman–Crippen LogP) is 4.48. The van der Waals surface area contributed by atoms with Crippen LogP contribution in [0, 0.1) is 13.8 Å². The van der Waals surface area contributed by atoms with E-state index in [2.05, 4.69) is 63.9 Å². The quantitative estimate of drug-likeness (QED) is 0.490. The largest absolute Gasteiger partial charge is 0.497 e. The second-order valence-corrected chi connectivity index (χ2v) is 10.5. The van der Waals surface area contributed by atoms with Gasteiger partial charge in [-0.05, 0) is 75.0 Å². The van der Waals surface area contributed by atoms with E-state index in [9.17, 15) is 0 Å². The summed E-state index contributed by atoms with van der Waals surface area (Å²) in [5, 5.41) is 7.30. The number of thiophene rings is 1. The molecule has 0 bridgehead atoms. The lowest BCUT2D eigenvalue weighted by Gasteiger charge is -2.35. The van der Waals surface area contributed by atoms with E-state index in [1.54, 1.807) is 7.11 Å². The van der Waals surface area contributed by atoms with Crippen LogP contribution < -0.4 is 9.64 Å². The fourth-order valence-electron chi connectivity index (χ4n) is 4.69. The minimum Gasteiger partial charge on any atom is -0.497 e. The average Bonchev–Trinajstić information content (AvgIpc) is 3.53. The Bertz CT molecular complexity index is 1080. The molecule has 3 aromatic rings. The van der Waals surface area contributed by atoms with Gasteiger partial charge in [-0.15, -0.1) is 11.3 Å². The summed E-state index contributed by atoms with van der Waals surface area (Å²) in [4.78, 5) is 9.12. The van der Waals surface area contributed by atoms with Crippen LogP contribution in [-0.2, 0) is 13.1 Å². The van der Waals surface area contributed by atoms with Crippen LogP contribution in [0.1, 0.15) is 34.5 Å². The number of piperazine rings is 1. The first kappa shape index (κ1) is 22.4. The SMILES string of the molecule is COc1ccc(-n2nc(C)c(CN(Cc3sccc3C)C3CC3)c2N2CCN(C)CC2)cc1. The highest BCUT2D eigenvalue weighted by Gasteiger charge is 2.33. The number of anilines is 1. The van der Waals surface area contributed by atoms with E-state index in [0.29, 0.717) is 6.04 Å². The highest BCUT2D eigenvalue weighted by molar-refractivity contribution is 7.10. The maximum Gasteiger partial charge on any atom is 0.137 e. The highest BCUT2D eigenvalue weighted by Crippen LogP contribution is 2.35. The number of hydrogen-bond donors (Lipinski definition) is 0. The van der Waals surface area contributed by atoms with Gasteiger partial charge in [-0.1, -0.05) is 0 Å². The van der Waals surface area contributed by atoms with Crippen molar-refractivity contribution in [2.24, 2.45) is 0 Å². The molecule has 0 atom stereocenters. The van der Waals surface area contributed by atoms with Crippen molar-refractivity contribution in [3.8, 4) is 11.4 Å². The van der Waals surface area contributed by atoms with Gasteiger partial charge in [-0.2, -0.15) is 5.10 Å². The van der Waals surface area contributed by atoms with Crippen molar-refractivity contribution < 1.29 is 4.74 Å². The number of nitrogens with zero attached hydrogens (tertiary/aromatic N) is 5. The molecule has 2 aromatic heterocycles. The van der Waals surface area contributed by atoms with E-state index >= 15 is 0 Å². The van der Waals surface area contributed by atoms with Crippen LogP contribution in [0.2, 0.25) is 0 Å². The third kappa shape index (κ3) is 4.81. The molecule has 0 amide bonds. The Morgan fingerprint density at radius 2 is 1.76 bits per heavy atom. The number of aryl methyl sites for hydroxylation is 2. The zero-order valence-electron chi connectivity index (χ0n) is 20.3. The summed E-state index contributed by atoms with van der Waals surface area (Å²) in [6.07, 6.45) is 2.61. The molecule has 2 fully saturated rings. The Hall–Kier alpha value is -2.35. The molecule has 6 nitrogen and oxygen atoms in total. The number of hydrogen-bond acceptors (Lipinski definition) is 6. The average molecular weight is 466 g/mol.